The van der Waals surface area contributed by atoms with Gasteiger partial charge in [0, 0.05) is 33.4 Å². The number of nitrogens with zero attached hydrogens (tertiary/aromatic N) is 3. The molecule has 0 spiro atoms. The largest absolute Gasteiger partial charge is 0.248 e. The molecule has 16 aromatic rings. The summed E-state index contributed by atoms with van der Waals surface area (Å²) in [7, 11) is 0. The minimum atomic E-state index is 0.989. The highest BCUT2D eigenvalue weighted by molar-refractivity contribution is 5.83. The minimum absolute atomic E-state index is 0.989. The molecule has 0 atom stereocenters. The van der Waals surface area contributed by atoms with Crippen LogP contribution in [0.3, 0.4) is 0 Å². The molecule has 0 unspecified atom stereocenters. The van der Waals surface area contributed by atoms with Gasteiger partial charge < -0.3 is 0 Å². The van der Waals surface area contributed by atoms with Crippen molar-refractivity contribution < 1.29 is 0 Å². The van der Waals surface area contributed by atoms with Crippen molar-refractivity contribution in [1.82, 2.24) is 15.0 Å². The zero-order valence-corrected chi connectivity index (χ0v) is 62.3. The average Bonchev–Trinajstić information content (AvgIpc) is 0.805. The lowest BCUT2D eigenvalue weighted by molar-refractivity contribution is 1.31. The first-order valence-electron chi connectivity index (χ1n) is 36.6. The van der Waals surface area contributed by atoms with Gasteiger partial charge in [-0.1, -0.05) is 323 Å². The highest BCUT2D eigenvalue weighted by Crippen LogP contribution is 2.38. The lowest BCUT2D eigenvalue weighted by Gasteiger charge is -2.12. The van der Waals surface area contributed by atoms with Crippen LogP contribution in [-0.4, -0.2) is 15.0 Å². The first kappa shape index (κ1) is 70.4. The van der Waals surface area contributed by atoms with E-state index in [-0.39, 0.29) is 0 Å². The fourth-order valence-electron chi connectivity index (χ4n) is 14.0. The lowest BCUT2D eigenvalue weighted by Crippen LogP contribution is -1.92. The van der Waals surface area contributed by atoms with Crippen molar-refractivity contribution in [2.24, 2.45) is 0 Å². The molecule has 0 fully saturated rings. The van der Waals surface area contributed by atoms with Crippen molar-refractivity contribution in [3.63, 3.8) is 0 Å². The van der Waals surface area contributed by atoms with Crippen LogP contribution in [-0.2, 0) is 0 Å². The summed E-state index contributed by atoms with van der Waals surface area (Å²) in [6.07, 6.45) is 0. The van der Waals surface area contributed by atoms with E-state index >= 15 is 0 Å². The SMILES string of the molecule is Cc1cc(C)cc(-c2ccc(-c3cc(-c4cccc(C)c4)nc(-c4cccc(C)c4)c3)cc2)c1.Cc1ccc(-c2ccc(-c3cc(-c4cccc(C)c4)nc(-c4cccc(C)c4)c3)cc2)cc1.Cc1cccc(-c2cccc(-c3ccc(-c4cc(-c5cccc(C)c5)nc(-c5cccc(C)c5)c4)cc3)c2)c1. The Bertz CT molecular complexity index is 5590. The van der Waals surface area contributed by atoms with E-state index in [9.17, 15) is 0 Å². The number of aromatic nitrogens is 3. The van der Waals surface area contributed by atoms with E-state index in [1.807, 2.05) is 0 Å². The Hall–Kier alpha value is -12.7. The zero-order valence-electron chi connectivity index (χ0n) is 62.3. The van der Waals surface area contributed by atoms with Gasteiger partial charge in [0.05, 0.1) is 34.2 Å². The number of pyridine rings is 3. The minimum Gasteiger partial charge on any atom is -0.248 e. The normalized spacial score (nSPS) is 10.9. The Kier molecular flexibility index (Phi) is 21.2. The third kappa shape index (κ3) is 17.3. The number of hydrogen-bond donors (Lipinski definition) is 0. The first-order chi connectivity index (χ1) is 51.5. The molecule has 0 bridgehead atoms. The molecule has 0 N–H and O–H groups in total. The average molecular weight is 1370 g/mol. The summed E-state index contributed by atoms with van der Waals surface area (Å²) in [4.78, 5) is 15.2. The predicted molar refractivity (Wildman–Crippen MR) is 451 cm³/mol. The Balaban J connectivity index is 0.000000134. The van der Waals surface area contributed by atoms with E-state index in [0.29, 0.717) is 0 Å². The number of benzene rings is 13. The van der Waals surface area contributed by atoms with Crippen molar-refractivity contribution in [1.29, 1.82) is 0 Å². The van der Waals surface area contributed by atoms with E-state index in [1.165, 1.54) is 128 Å². The summed E-state index contributed by atoms with van der Waals surface area (Å²) in [5.74, 6) is 0. The Morgan fingerprint density at radius 2 is 0.283 bits per heavy atom. The summed E-state index contributed by atoms with van der Waals surface area (Å²) in [5, 5.41) is 0. The van der Waals surface area contributed by atoms with Gasteiger partial charge in [0.25, 0.3) is 0 Å². The zero-order chi connectivity index (χ0) is 73.2. The molecule has 0 aliphatic carbocycles. The Morgan fingerprint density at radius 3 is 0.538 bits per heavy atom. The quantitative estimate of drug-likeness (QED) is 0.115. The van der Waals surface area contributed by atoms with Gasteiger partial charge in [0.2, 0.25) is 0 Å². The van der Waals surface area contributed by atoms with Crippen molar-refractivity contribution in [2.45, 2.75) is 69.2 Å². The van der Waals surface area contributed by atoms with Gasteiger partial charge in [-0.25, -0.2) is 15.0 Å². The fraction of sp³-hybridized carbons (Fsp3) is 0.0971. The second-order valence-electron chi connectivity index (χ2n) is 28.5. The predicted octanol–water partition coefficient (Wildman–Crippen LogP) is 28.0. The van der Waals surface area contributed by atoms with Crippen LogP contribution in [0.2, 0.25) is 0 Å². The Morgan fingerprint density at radius 1 is 0.113 bits per heavy atom. The van der Waals surface area contributed by atoms with Gasteiger partial charge in [0.15, 0.2) is 0 Å². The summed E-state index contributed by atoms with van der Waals surface area (Å²) in [6.45, 7) is 21.3. The molecule has 3 nitrogen and oxygen atoms in total. The molecule has 3 heteroatoms. The summed E-state index contributed by atoms with van der Waals surface area (Å²) in [6, 6.07) is 124. The van der Waals surface area contributed by atoms with Crippen LogP contribution in [0.15, 0.2) is 346 Å². The molecule has 13 aromatic carbocycles. The van der Waals surface area contributed by atoms with Crippen LogP contribution >= 0.6 is 0 Å². The molecule has 0 radical (unpaired) electrons. The maximum absolute atomic E-state index is 5.09. The summed E-state index contributed by atoms with van der Waals surface area (Å²) in [5.41, 5.74) is 42.3. The molecule has 0 amide bonds. The molecule has 106 heavy (non-hydrogen) atoms. The molecule has 0 saturated heterocycles. The number of rotatable bonds is 13. The standard InChI is InChI=1S/C38H31N.C33H29N.C32H27N/c1-26-8-4-11-31(20-26)33-13-7-12-32(23-33)29-16-18-30(19-17-29)36-24-37(34-14-5-9-27(2)21-34)39-38(25-36)35-15-6-10-28(3)22-35;1-22-7-5-9-28(16-22)32-20-31(21-33(34-32)29-10-6-8-23(2)17-29)27-13-11-26(12-14-27)30-18-24(3)15-25(4)19-30;1-22-10-12-25(13-11-22)26-14-16-27(17-15-26)30-20-31(28-8-4-6-23(2)18-28)33-32(21-30)29-9-5-7-24(3)19-29/h4-25H,1-3H3;5-21H,1-4H3;4-21H,1-3H3. The molecule has 0 aliphatic heterocycles. The van der Waals surface area contributed by atoms with E-state index in [0.717, 1.165) is 73.1 Å². The molecule has 3 heterocycles. The maximum Gasteiger partial charge on any atom is 0.0715 e. The third-order valence-electron chi connectivity index (χ3n) is 19.5. The van der Waals surface area contributed by atoms with Gasteiger partial charge in [-0.15, -0.1) is 0 Å². The smallest absolute Gasteiger partial charge is 0.0715 e. The van der Waals surface area contributed by atoms with Gasteiger partial charge >= 0.3 is 0 Å². The van der Waals surface area contributed by atoms with Crippen LogP contribution in [0, 0.1) is 69.2 Å². The van der Waals surface area contributed by atoms with Crippen LogP contribution in [0.25, 0.3) is 145 Å². The van der Waals surface area contributed by atoms with Crippen LogP contribution in [0.5, 0.6) is 0 Å². The van der Waals surface area contributed by atoms with Crippen molar-refractivity contribution in [2.75, 3.05) is 0 Å². The lowest BCUT2D eigenvalue weighted by atomic mass is 9.95. The van der Waals surface area contributed by atoms with Crippen molar-refractivity contribution >= 4 is 0 Å². The second-order valence-corrected chi connectivity index (χ2v) is 28.5. The molecule has 16 rings (SSSR count). The van der Waals surface area contributed by atoms with Crippen LogP contribution in [0.4, 0.5) is 0 Å². The highest BCUT2D eigenvalue weighted by atomic mass is 14.7. The molecule has 3 aromatic heterocycles. The molecule has 514 valence electrons. The monoisotopic (exact) mass is 1370 g/mol. The topological polar surface area (TPSA) is 38.7 Å². The molecule has 0 saturated carbocycles. The third-order valence-corrected chi connectivity index (χ3v) is 19.5. The highest BCUT2D eigenvalue weighted by Gasteiger charge is 2.15. The summed E-state index contributed by atoms with van der Waals surface area (Å²) >= 11 is 0. The van der Waals surface area contributed by atoms with Crippen LogP contribution in [0.1, 0.15) is 55.6 Å². The van der Waals surface area contributed by atoms with E-state index in [1.54, 1.807) is 0 Å². The molecule has 0 aliphatic rings. The maximum atomic E-state index is 5.09. The second kappa shape index (κ2) is 31.9. The fourth-order valence-corrected chi connectivity index (χ4v) is 14.0. The van der Waals surface area contributed by atoms with E-state index in [4.69, 9.17) is 15.0 Å². The van der Waals surface area contributed by atoms with Crippen LogP contribution < -0.4 is 0 Å². The number of aryl methyl sites for hydroxylation is 10. The number of hydrogen-bond acceptors (Lipinski definition) is 3. The van der Waals surface area contributed by atoms with E-state index in [2.05, 4.69) is 415 Å². The van der Waals surface area contributed by atoms with Gasteiger partial charge in [0.1, 0.15) is 0 Å². The van der Waals surface area contributed by atoms with Crippen molar-refractivity contribution in [3.05, 3.63) is 401 Å². The van der Waals surface area contributed by atoms with E-state index < -0.39 is 0 Å². The first-order valence-corrected chi connectivity index (χ1v) is 36.6. The molecular formula is C103H87N3. The molecular weight excluding hydrogens is 1280 g/mol. The van der Waals surface area contributed by atoms with Gasteiger partial charge in [-0.05, 0) is 226 Å². The Labute approximate surface area is 627 Å². The van der Waals surface area contributed by atoms with Gasteiger partial charge in [-0.2, -0.15) is 0 Å². The van der Waals surface area contributed by atoms with Gasteiger partial charge in [-0.3, -0.25) is 0 Å². The van der Waals surface area contributed by atoms with Crippen molar-refractivity contribution in [3.8, 4) is 145 Å². The summed E-state index contributed by atoms with van der Waals surface area (Å²) < 4.78 is 0.